The number of nitrogens with zero attached hydrogens (tertiary/aromatic N) is 1. The van der Waals surface area contributed by atoms with Crippen molar-refractivity contribution in [1.29, 1.82) is 0 Å². The summed E-state index contributed by atoms with van der Waals surface area (Å²) < 4.78 is 6.02. The molecule has 0 saturated heterocycles. The molecule has 0 rings (SSSR count). The van der Waals surface area contributed by atoms with E-state index in [1.807, 2.05) is 0 Å². The van der Waals surface area contributed by atoms with Gasteiger partial charge in [0.2, 0.25) is 5.91 Å². The van der Waals surface area contributed by atoms with E-state index in [0.29, 0.717) is 30.4 Å². The number of aliphatic hydroxyl groups is 1. The van der Waals surface area contributed by atoms with Crippen molar-refractivity contribution < 1.29 is 36.3 Å². The molecule has 1 atom stereocenters. The molecular formula is C48H97ClN2O4. The van der Waals surface area contributed by atoms with Gasteiger partial charge >= 0.3 is 5.97 Å². The Hall–Kier alpha value is -0.850. The van der Waals surface area contributed by atoms with Crippen LogP contribution in [-0.4, -0.2) is 67.9 Å². The van der Waals surface area contributed by atoms with Crippen LogP contribution in [0.3, 0.4) is 0 Å². The summed E-state index contributed by atoms with van der Waals surface area (Å²) in [6.45, 7) is 6.68. The molecule has 0 aliphatic heterocycles. The molecule has 0 saturated carbocycles. The van der Waals surface area contributed by atoms with Crippen LogP contribution in [-0.2, 0) is 14.3 Å². The number of amides is 1. The average Bonchev–Trinajstić information content (AvgIpc) is 3.15. The number of rotatable bonds is 44. The lowest BCUT2D eigenvalue weighted by atomic mass is 10.0. The molecule has 55 heavy (non-hydrogen) atoms. The summed E-state index contributed by atoms with van der Waals surface area (Å²) in [6, 6.07) is 0. The molecule has 0 fully saturated rings. The van der Waals surface area contributed by atoms with Crippen molar-refractivity contribution in [3.8, 4) is 0 Å². The molecule has 0 heterocycles. The Morgan fingerprint density at radius 2 is 0.800 bits per heavy atom. The lowest BCUT2D eigenvalue weighted by Gasteiger charge is -2.31. The highest BCUT2D eigenvalue weighted by molar-refractivity contribution is 5.75. The smallest absolute Gasteiger partial charge is 0.305 e. The fraction of sp³-hybridized carbons (Fsp3) is 0.958. The maximum absolute atomic E-state index is 12.3. The molecular weight excluding hydrogens is 704 g/mol. The highest BCUT2D eigenvalue weighted by Gasteiger charge is 2.21. The van der Waals surface area contributed by atoms with Crippen LogP contribution in [0.2, 0.25) is 0 Å². The second-order valence-corrected chi connectivity index (χ2v) is 17.7. The first-order valence-electron chi connectivity index (χ1n) is 24.2. The van der Waals surface area contributed by atoms with E-state index >= 15 is 0 Å². The zero-order chi connectivity index (χ0) is 39.6. The lowest BCUT2D eigenvalue weighted by molar-refractivity contribution is -0.893. The van der Waals surface area contributed by atoms with Gasteiger partial charge < -0.3 is 32.1 Å². The van der Waals surface area contributed by atoms with Crippen LogP contribution >= 0.6 is 0 Å². The molecule has 0 radical (unpaired) electrons. The van der Waals surface area contributed by atoms with Crippen molar-refractivity contribution in [3.05, 3.63) is 0 Å². The van der Waals surface area contributed by atoms with E-state index in [1.165, 1.54) is 193 Å². The molecule has 0 aromatic rings. The number of carbonyl (C=O) groups excluding carboxylic acids is 2. The van der Waals surface area contributed by atoms with Gasteiger partial charge in [0.15, 0.2) is 0 Å². The van der Waals surface area contributed by atoms with Crippen molar-refractivity contribution in [2.24, 2.45) is 0 Å². The zero-order valence-corrected chi connectivity index (χ0v) is 38.3. The molecule has 1 unspecified atom stereocenters. The van der Waals surface area contributed by atoms with E-state index in [4.69, 9.17) is 4.74 Å². The minimum Gasteiger partial charge on any atom is -1.00 e. The fourth-order valence-electron chi connectivity index (χ4n) is 7.80. The normalized spacial score (nSPS) is 12.1. The van der Waals surface area contributed by atoms with E-state index in [1.54, 1.807) is 0 Å². The van der Waals surface area contributed by atoms with Crippen LogP contribution in [0.1, 0.15) is 251 Å². The summed E-state index contributed by atoms with van der Waals surface area (Å²) in [7, 11) is 4.17. The number of quaternary nitrogens is 1. The van der Waals surface area contributed by atoms with Gasteiger partial charge in [-0.1, -0.05) is 219 Å². The summed E-state index contributed by atoms with van der Waals surface area (Å²) >= 11 is 0. The van der Waals surface area contributed by atoms with Gasteiger partial charge in [-0.3, -0.25) is 9.59 Å². The molecule has 330 valence electrons. The fourth-order valence-corrected chi connectivity index (χ4v) is 7.80. The van der Waals surface area contributed by atoms with Gasteiger partial charge in [0.25, 0.3) is 0 Å². The molecule has 0 aliphatic carbocycles. The number of ether oxygens (including phenoxy) is 1. The first-order chi connectivity index (χ1) is 26.3. The minimum atomic E-state index is -0.672. The Morgan fingerprint density at radius 1 is 0.491 bits per heavy atom. The van der Waals surface area contributed by atoms with Crippen LogP contribution in [0.25, 0.3) is 0 Å². The van der Waals surface area contributed by atoms with E-state index in [0.717, 1.165) is 38.6 Å². The van der Waals surface area contributed by atoms with Gasteiger partial charge in [0.1, 0.15) is 19.3 Å². The van der Waals surface area contributed by atoms with Gasteiger partial charge in [-0.15, -0.1) is 0 Å². The molecule has 0 spiro atoms. The summed E-state index contributed by atoms with van der Waals surface area (Å²) in [6.07, 6.45) is 46.8. The van der Waals surface area contributed by atoms with Crippen LogP contribution in [0.15, 0.2) is 0 Å². The number of unbranched alkanes of at least 4 members (excludes halogenated alkanes) is 32. The maximum atomic E-state index is 12.3. The van der Waals surface area contributed by atoms with Gasteiger partial charge in [0, 0.05) is 25.8 Å². The number of carbonyl (C=O) groups is 2. The van der Waals surface area contributed by atoms with Crippen molar-refractivity contribution in [2.45, 2.75) is 258 Å². The Kier molecular flexibility index (Phi) is 45.3. The highest BCUT2D eigenvalue weighted by atomic mass is 35.5. The van der Waals surface area contributed by atoms with E-state index in [9.17, 15) is 14.7 Å². The standard InChI is InChI=1S/C48H96N2O4.ClH/c1-5-7-9-11-13-15-17-19-21-22-23-24-26-27-29-31-33-35-37-40-47(52)49-42-39-43-50(3,4)44-46(51)45-54-48(53)41-38-36-34-32-30-28-25-20-18-16-14-12-10-8-6-2;/h46,51H,5-45H2,1-4H3;1H. The summed E-state index contributed by atoms with van der Waals surface area (Å²) in [5.41, 5.74) is 0. The molecule has 1 amide bonds. The number of nitrogens with one attached hydrogen (secondary N) is 1. The topological polar surface area (TPSA) is 75.6 Å². The van der Waals surface area contributed by atoms with Gasteiger partial charge in [-0.05, 0) is 12.8 Å². The lowest BCUT2D eigenvalue weighted by Crippen LogP contribution is -3.00. The maximum Gasteiger partial charge on any atom is 0.305 e. The molecule has 0 aromatic carbocycles. The third-order valence-corrected chi connectivity index (χ3v) is 11.4. The number of esters is 1. The Bertz CT molecular complexity index is 796. The van der Waals surface area contributed by atoms with Crippen molar-refractivity contribution in [1.82, 2.24) is 5.32 Å². The SMILES string of the molecule is CCCCCCCCCCCCCCCCCCCCCC(=O)NCCC[N+](C)(C)CC(O)COC(=O)CCCCCCCCCCCCCCCCC.[Cl-]. The third kappa shape index (κ3) is 45.7. The highest BCUT2D eigenvalue weighted by Crippen LogP contribution is 2.16. The van der Waals surface area contributed by atoms with E-state index in [2.05, 4.69) is 33.3 Å². The number of aliphatic hydroxyl groups excluding tert-OH is 1. The average molecular weight is 802 g/mol. The van der Waals surface area contributed by atoms with Crippen LogP contribution < -0.4 is 17.7 Å². The first kappa shape index (κ1) is 56.2. The quantitative estimate of drug-likeness (QED) is 0.0366. The molecule has 6 nitrogen and oxygen atoms in total. The number of hydrogen-bond donors (Lipinski definition) is 2. The predicted molar refractivity (Wildman–Crippen MR) is 234 cm³/mol. The molecule has 0 bridgehead atoms. The summed E-state index contributed by atoms with van der Waals surface area (Å²) in [4.78, 5) is 24.5. The minimum absolute atomic E-state index is 0. The molecule has 0 aliphatic rings. The van der Waals surface area contributed by atoms with E-state index < -0.39 is 6.10 Å². The number of hydrogen-bond acceptors (Lipinski definition) is 4. The van der Waals surface area contributed by atoms with Crippen molar-refractivity contribution in [2.75, 3.05) is 40.3 Å². The molecule has 0 aromatic heterocycles. The second kappa shape index (κ2) is 44.3. The van der Waals surface area contributed by atoms with Gasteiger partial charge in [0.05, 0.1) is 20.6 Å². The number of likely N-dealkylation sites (N-methyl/N-ethyl adjacent to an activating group) is 1. The zero-order valence-electron chi connectivity index (χ0n) is 37.6. The van der Waals surface area contributed by atoms with Gasteiger partial charge in [-0.25, -0.2) is 0 Å². The van der Waals surface area contributed by atoms with Gasteiger partial charge in [-0.2, -0.15) is 0 Å². The van der Waals surface area contributed by atoms with Crippen LogP contribution in [0, 0.1) is 0 Å². The van der Waals surface area contributed by atoms with Crippen LogP contribution in [0.4, 0.5) is 0 Å². The molecule has 2 N–H and O–H groups in total. The summed E-state index contributed by atoms with van der Waals surface area (Å²) in [5, 5.41) is 13.6. The number of halogens is 1. The Morgan fingerprint density at radius 3 is 1.15 bits per heavy atom. The second-order valence-electron chi connectivity index (χ2n) is 17.7. The first-order valence-corrected chi connectivity index (χ1v) is 24.2. The Balaban J connectivity index is 0. The van der Waals surface area contributed by atoms with E-state index in [-0.39, 0.29) is 30.9 Å². The van der Waals surface area contributed by atoms with Crippen molar-refractivity contribution >= 4 is 11.9 Å². The van der Waals surface area contributed by atoms with Crippen molar-refractivity contribution in [3.63, 3.8) is 0 Å². The van der Waals surface area contributed by atoms with Crippen LogP contribution in [0.5, 0.6) is 0 Å². The summed E-state index contributed by atoms with van der Waals surface area (Å²) in [5.74, 6) is -0.0323. The molecule has 7 heteroatoms. The largest absolute Gasteiger partial charge is 1.00 e. The Labute approximate surface area is 350 Å². The monoisotopic (exact) mass is 801 g/mol. The third-order valence-electron chi connectivity index (χ3n) is 11.4. The predicted octanol–water partition coefficient (Wildman–Crippen LogP) is 10.6.